The Morgan fingerprint density at radius 2 is 2.10 bits per heavy atom. The summed E-state index contributed by atoms with van der Waals surface area (Å²) in [6.07, 6.45) is 4.92. The minimum atomic E-state index is -0.234. The van der Waals surface area contributed by atoms with Gasteiger partial charge in [0.2, 0.25) is 0 Å². The van der Waals surface area contributed by atoms with E-state index < -0.39 is 0 Å². The first kappa shape index (κ1) is 7.99. The van der Waals surface area contributed by atoms with Crippen LogP contribution in [-0.2, 0) is 0 Å². The van der Waals surface area contributed by atoms with Crippen molar-refractivity contribution in [2.75, 3.05) is 13.3 Å². The second-order valence-electron chi connectivity index (χ2n) is 3.30. The smallest absolute Gasteiger partial charge is 0.0894 e. The van der Waals surface area contributed by atoms with Crippen LogP contribution < -0.4 is 0 Å². The molecule has 0 spiro atoms. The van der Waals surface area contributed by atoms with Gasteiger partial charge in [0, 0.05) is 6.61 Å². The Balaban J connectivity index is 2.20. The second-order valence-corrected chi connectivity index (χ2v) is 3.30. The second kappa shape index (κ2) is 3.33. The van der Waals surface area contributed by atoms with Crippen molar-refractivity contribution in [3.63, 3.8) is 0 Å². The Bertz CT molecular complexity index is 93.9. The number of aliphatic hydroxyl groups is 1. The number of hydrogen-bond acceptors (Lipinski definition) is 1. The minimum Gasteiger partial charge on any atom is -0.396 e. The van der Waals surface area contributed by atoms with Gasteiger partial charge in [0.05, 0.1) is 6.67 Å². The molecule has 0 atom stereocenters. The zero-order chi connectivity index (χ0) is 7.45. The molecule has 2 heteroatoms. The molecule has 0 amide bonds. The number of halogens is 1. The van der Waals surface area contributed by atoms with Gasteiger partial charge in [-0.2, -0.15) is 0 Å². The molecule has 0 saturated heterocycles. The molecule has 0 bridgehead atoms. The maximum absolute atomic E-state index is 11.7. The average Bonchev–Trinajstić information content (AvgIpc) is 1.87. The highest BCUT2D eigenvalue weighted by Crippen LogP contribution is 2.44. The van der Waals surface area contributed by atoms with Crippen molar-refractivity contribution in [1.82, 2.24) is 0 Å². The monoisotopic (exact) mass is 146 g/mol. The van der Waals surface area contributed by atoms with Gasteiger partial charge in [0.1, 0.15) is 0 Å². The van der Waals surface area contributed by atoms with Crippen LogP contribution in [0.3, 0.4) is 0 Å². The van der Waals surface area contributed by atoms with Crippen molar-refractivity contribution in [3.05, 3.63) is 0 Å². The SMILES string of the molecule is OCC1(CCCF)CCC1. The maximum Gasteiger partial charge on any atom is 0.0894 e. The van der Waals surface area contributed by atoms with E-state index >= 15 is 0 Å². The van der Waals surface area contributed by atoms with E-state index in [1.54, 1.807) is 0 Å². The van der Waals surface area contributed by atoms with Crippen molar-refractivity contribution in [2.45, 2.75) is 32.1 Å². The molecule has 1 aliphatic rings. The summed E-state index contributed by atoms with van der Waals surface area (Å²) in [7, 11) is 0. The number of rotatable bonds is 4. The van der Waals surface area contributed by atoms with Crippen LogP contribution in [0, 0.1) is 5.41 Å². The molecule has 1 rings (SSSR count). The zero-order valence-electron chi connectivity index (χ0n) is 6.27. The summed E-state index contributed by atoms with van der Waals surface area (Å²) < 4.78 is 11.7. The molecule has 0 radical (unpaired) electrons. The molecule has 0 heterocycles. The average molecular weight is 146 g/mol. The van der Waals surface area contributed by atoms with E-state index in [4.69, 9.17) is 5.11 Å². The van der Waals surface area contributed by atoms with Crippen LogP contribution in [-0.4, -0.2) is 18.4 Å². The lowest BCUT2D eigenvalue weighted by molar-refractivity contribution is 0.0326. The van der Waals surface area contributed by atoms with Gasteiger partial charge in [0.25, 0.3) is 0 Å². The third kappa shape index (κ3) is 1.48. The summed E-state index contributed by atoms with van der Waals surface area (Å²) in [5.41, 5.74) is 0.131. The van der Waals surface area contributed by atoms with Crippen LogP contribution in [0.5, 0.6) is 0 Å². The third-order valence-corrected chi connectivity index (χ3v) is 2.59. The van der Waals surface area contributed by atoms with E-state index in [1.165, 1.54) is 6.42 Å². The molecule has 1 saturated carbocycles. The van der Waals surface area contributed by atoms with Crippen LogP contribution in [0.1, 0.15) is 32.1 Å². The van der Waals surface area contributed by atoms with Crippen molar-refractivity contribution in [3.8, 4) is 0 Å². The fourth-order valence-electron chi connectivity index (χ4n) is 1.61. The number of aliphatic hydroxyl groups excluding tert-OH is 1. The topological polar surface area (TPSA) is 20.2 Å². The summed E-state index contributed by atoms with van der Waals surface area (Å²) in [6, 6.07) is 0. The van der Waals surface area contributed by atoms with Gasteiger partial charge in [-0.05, 0) is 31.1 Å². The normalized spacial score (nSPS) is 22.2. The van der Waals surface area contributed by atoms with Gasteiger partial charge >= 0.3 is 0 Å². The summed E-state index contributed by atoms with van der Waals surface area (Å²) >= 11 is 0. The summed E-state index contributed by atoms with van der Waals surface area (Å²) in [4.78, 5) is 0. The highest BCUT2D eigenvalue weighted by Gasteiger charge is 2.35. The van der Waals surface area contributed by atoms with Gasteiger partial charge in [0.15, 0.2) is 0 Å². The molecule has 1 aliphatic carbocycles. The van der Waals surface area contributed by atoms with Crippen molar-refractivity contribution >= 4 is 0 Å². The summed E-state index contributed by atoms with van der Waals surface area (Å²) in [5, 5.41) is 8.94. The first-order chi connectivity index (χ1) is 4.83. The Kier molecular flexibility index (Phi) is 2.66. The van der Waals surface area contributed by atoms with Crippen LogP contribution in [0.4, 0.5) is 4.39 Å². The molecule has 0 aliphatic heterocycles. The van der Waals surface area contributed by atoms with Gasteiger partial charge < -0.3 is 5.11 Å². The van der Waals surface area contributed by atoms with Crippen LogP contribution in [0.15, 0.2) is 0 Å². The third-order valence-electron chi connectivity index (χ3n) is 2.59. The van der Waals surface area contributed by atoms with Gasteiger partial charge in [-0.25, -0.2) is 0 Å². The number of alkyl halides is 1. The van der Waals surface area contributed by atoms with E-state index in [-0.39, 0.29) is 18.7 Å². The Morgan fingerprint density at radius 1 is 1.40 bits per heavy atom. The fraction of sp³-hybridized carbons (Fsp3) is 1.00. The lowest BCUT2D eigenvalue weighted by Gasteiger charge is -2.40. The molecule has 0 unspecified atom stereocenters. The van der Waals surface area contributed by atoms with Crippen molar-refractivity contribution < 1.29 is 9.50 Å². The standard InChI is InChI=1S/C8H15FO/c9-6-2-5-8(7-10)3-1-4-8/h10H,1-7H2. The predicted molar refractivity (Wildman–Crippen MR) is 38.6 cm³/mol. The van der Waals surface area contributed by atoms with Gasteiger partial charge in [-0.15, -0.1) is 0 Å². The van der Waals surface area contributed by atoms with E-state index in [1.807, 2.05) is 0 Å². The van der Waals surface area contributed by atoms with Gasteiger partial charge in [-0.3, -0.25) is 4.39 Å². The van der Waals surface area contributed by atoms with E-state index in [0.29, 0.717) is 6.42 Å². The zero-order valence-corrected chi connectivity index (χ0v) is 6.27. The Morgan fingerprint density at radius 3 is 2.40 bits per heavy atom. The van der Waals surface area contributed by atoms with E-state index in [0.717, 1.165) is 19.3 Å². The highest BCUT2D eigenvalue weighted by molar-refractivity contribution is 4.86. The van der Waals surface area contributed by atoms with Gasteiger partial charge in [-0.1, -0.05) is 6.42 Å². The van der Waals surface area contributed by atoms with Crippen LogP contribution in [0.25, 0.3) is 0 Å². The quantitative estimate of drug-likeness (QED) is 0.642. The molecule has 1 N–H and O–H groups in total. The molecule has 60 valence electrons. The lowest BCUT2D eigenvalue weighted by atomic mass is 9.67. The molecule has 10 heavy (non-hydrogen) atoms. The van der Waals surface area contributed by atoms with E-state index in [2.05, 4.69) is 0 Å². The van der Waals surface area contributed by atoms with Crippen molar-refractivity contribution in [1.29, 1.82) is 0 Å². The Labute approximate surface area is 61.2 Å². The van der Waals surface area contributed by atoms with Crippen LogP contribution in [0.2, 0.25) is 0 Å². The molecule has 1 nitrogen and oxygen atoms in total. The highest BCUT2D eigenvalue weighted by atomic mass is 19.1. The lowest BCUT2D eigenvalue weighted by Crippen LogP contribution is -2.33. The van der Waals surface area contributed by atoms with E-state index in [9.17, 15) is 4.39 Å². The Hall–Kier alpha value is -0.110. The molecule has 0 aromatic heterocycles. The molecular weight excluding hydrogens is 131 g/mol. The first-order valence-corrected chi connectivity index (χ1v) is 4.00. The molecule has 0 aromatic carbocycles. The summed E-state index contributed by atoms with van der Waals surface area (Å²) in [6.45, 7) is 0.0226. The molecule has 1 fully saturated rings. The molecule has 0 aromatic rings. The van der Waals surface area contributed by atoms with Crippen LogP contribution >= 0.6 is 0 Å². The molecular formula is C8H15FO. The fourth-order valence-corrected chi connectivity index (χ4v) is 1.61. The largest absolute Gasteiger partial charge is 0.396 e. The summed E-state index contributed by atoms with van der Waals surface area (Å²) in [5.74, 6) is 0. The minimum absolute atomic E-state index is 0.131. The maximum atomic E-state index is 11.7. The first-order valence-electron chi connectivity index (χ1n) is 4.00. The van der Waals surface area contributed by atoms with Crippen molar-refractivity contribution in [2.24, 2.45) is 5.41 Å². The number of hydrogen-bond donors (Lipinski definition) is 1. The predicted octanol–water partition coefficient (Wildman–Crippen LogP) is 1.90.